The summed E-state index contributed by atoms with van der Waals surface area (Å²) in [6.45, 7) is 0.877. The third kappa shape index (κ3) is 1.40. The lowest BCUT2D eigenvalue weighted by molar-refractivity contribution is -0.159. The Morgan fingerprint density at radius 3 is 3.00 bits per heavy atom. The molecule has 0 radical (unpaired) electrons. The lowest BCUT2D eigenvalue weighted by atomic mass is 9.47. The van der Waals surface area contributed by atoms with Gasteiger partial charge < -0.3 is 19.5 Å². The molecule has 2 aliphatic heterocycles. The highest BCUT2D eigenvalue weighted by Crippen LogP contribution is 2.66. The Morgan fingerprint density at radius 2 is 2.22 bits per heavy atom. The van der Waals surface area contributed by atoms with Crippen molar-refractivity contribution < 1.29 is 19.4 Å². The third-order valence-electron chi connectivity index (χ3n) is 6.78. The Balaban J connectivity index is 1.77. The predicted molar refractivity (Wildman–Crippen MR) is 82.1 cm³/mol. The fraction of sp³-hybridized carbons (Fsp3) is 0.611. The number of aliphatic hydroxyl groups is 1. The Bertz CT molecular complexity index is 681. The van der Waals surface area contributed by atoms with Crippen molar-refractivity contribution in [2.24, 2.45) is 23.2 Å². The molecule has 5 heteroatoms. The van der Waals surface area contributed by atoms with E-state index in [-0.39, 0.29) is 35.0 Å². The lowest BCUT2D eigenvalue weighted by Gasteiger charge is -2.60. The summed E-state index contributed by atoms with van der Waals surface area (Å²) >= 11 is 0. The summed E-state index contributed by atoms with van der Waals surface area (Å²) in [5.74, 6) is 1.68. The zero-order valence-corrected chi connectivity index (χ0v) is 13.3. The minimum absolute atomic E-state index is 0.0165. The third-order valence-corrected chi connectivity index (χ3v) is 6.78. The first-order chi connectivity index (χ1) is 11.1. The number of nitrogens with zero attached hydrogens (tertiary/aromatic N) is 1. The van der Waals surface area contributed by atoms with E-state index in [1.807, 2.05) is 12.2 Å². The van der Waals surface area contributed by atoms with Gasteiger partial charge in [0.05, 0.1) is 13.2 Å². The van der Waals surface area contributed by atoms with Gasteiger partial charge in [0.25, 0.3) is 0 Å². The second-order valence-corrected chi connectivity index (χ2v) is 7.46. The Morgan fingerprint density at radius 1 is 1.39 bits per heavy atom. The molecule has 3 unspecified atom stereocenters. The van der Waals surface area contributed by atoms with Gasteiger partial charge in [0.1, 0.15) is 5.76 Å². The molecule has 3 aliphatic carbocycles. The van der Waals surface area contributed by atoms with E-state index in [0.717, 1.165) is 18.7 Å². The maximum absolute atomic E-state index is 12.6. The number of carbonyl (C=O) groups is 1. The van der Waals surface area contributed by atoms with Crippen LogP contribution in [0.5, 0.6) is 0 Å². The van der Waals surface area contributed by atoms with E-state index >= 15 is 0 Å². The van der Waals surface area contributed by atoms with Gasteiger partial charge in [0.15, 0.2) is 17.6 Å². The second-order valence-electron chi connectivity index (χ2n) is 7.46. The van der Waals surface area contributed by atoms with Crippen molar-refractivity contribution in [3.05, 3.63) is 35.8 Å². The molecule has 23 heavy (non-hydrogen) atoms. The van der Waals surface area contributed by atoms with Crippen molar-refractivity contribution in [3.8, 4) is 0 Å². The zero-order chi connectivity index (χ0) is 15.9. The van der Waals surface area contributed by atoms with Gasteiger partial charge in [-0.3, -0.25) is 4.79 Å². The number of allylic oxidation sites excluding steroid dienone is 2. The van der Waals surface area contributed by atoms with Gasteiger partial charge in [-0.1, -0.05) is 12.2 Å². The Hall–Kier alpha value is -1.59. The fourth-order valence-electron chi connectivity index (χ4n) is 5.88. The van der Waals surface area contributed by atoms with Crippen LogP contribution < -0.4 is 0 Å². The zero-order valence-electron chi connectivity index (χ0n) is 13.3. The molecule has 0 amide bonds. The summed E-state index contributed by atoms with van der Waals surface area (Å²) in [5, 5.41) is 11.1. The number of likely N-dealkylation sites (N-methyl/N-ethyl adjacent to an activating group) is 1. The normalized spacial score (nSPS) is 50.0. The largest absolute Gasteiger partial charge is 0.493 e. The number of piperidine rings is 1. The van der Waals surface area contributed by atoms with Crippen LogP contribution >= 0.6 is 0 Å². The molecule has 1 N–H and O–H groups in total. The summed E-state index contributed by atoms with van der Waals surface area (Å²) in [6, 6.07) is 0.0357. The summed E-state index contributed by atoms with van der Waals surface area (Å²) < 4.78 is 11.7. The summed E-state index contributed by atoms with van der Waals surface area (Å²) in [5.41, 5.74) is -0.239. The predicted octanol–water partition coefficient (Wildman–Crippen LogP) is 0.865. The van der Waals surface area contributed by atoms with Crippen LogP contribution in [-0.4, -0.2) is 54.7 Å². The maximum atomic E-state index is 12.6. The van der Waals surface area contributed by atoms with Gasteiger partial charge in [0, 0.05) is 29.2 Å². The van der Waals surface area contributed by atoms with Crippen molar-refractivity contribution in [3.63, 3.8) is 0 Å². The van der Waals surface area contributed by atoms with Gasteiger partial charge in [-0.15, -0.1) is 0 Å². The van der Waals surface area contributed by atoms with Gasteiger partial charge in [-0.2, -0.15) is 0 Å². The van der Waals surface area contributed by atoms with Crippen LogP contribution in [0.4, 0.5) is 0 Å². The molecule has 5 rings (SSSR count). The number of methoxy groups -OCH3 is 1. The van der Waals surface area contributed by atoms with E-state index in [4.69, 9.17) is 9.47 Å². The van der Waals surface area contributed by atoms with Crippen LogP contribution in [0.15, 0.2) is 35.8 Å². The molecule has 1 spiro atoms. The maximum Gasteiger partial charge on any atom is 0.196 e. The van der Waals surface area contributed by atoms with Crippen molar-refractivity contribution in [1.82, 2.24) is 4.90 Å². The quantitative estimate of drug-likeness (QED) is 0.778. The van der Waals surface area contributed by atoms with Gasteiger partial charge in [0.2, 0.25) is 0 Å². The minimum atomic E-state index is -0.465. The van der Waals surface area contributed by atoms with E-state index in [1.165, 1.54) is 0 Å². The number of rotatable bonds is 1. The van der Waals surface area contributed by atoms with Crippen LogP contribution in [0, 0.1) is 23.2 Å². The molecule has 5 aliphatic rings. The van der Waals surface area contributed by atoms with Crippen LogP contribution in [0.3, 0.4) is 0 Å². The molecule has 0 aromatic carbocycles. The highest BCUT2D eigenvalue weighted by Gasteiger charge is 2.71. The van der Waals surface area contributed by atoms with Crippen molar-refractivity contribution in [2.75, 3.05) is 20.7 Å². The van der Waals surface area contributed by atoms with Gasteiger partial charge >= 0.3 is 0 Å². The standard InChI is InChI=1S/C18H21NO4/c1-19-8-7-18-10-4-5-11(20)17(18)23-16-12(22-2)6-3-9(13(16)18)15(21)14(10)19/h3-6,9-10,13-15,17,21H,7-8H2,1-2H3/t9?,10-,13?,14-,15?,17-,18-/m0/s1. The molecule has 2 saturated heterocycles. The smallest absolute Gasteiger partial charge is 0.196 e. The van der Waals surface area contributed by atoms with E-state index in [9.17, 15) is 9.90 Å². The fourth-order valence-corrected chi connectivity index (χ4v) is 5.88. The SMILES string of the molecule is COC1=C2O[C@H]3C(=O)C=C[C@H]4[C@H]5C(O)C(C=C1)C2[C@@]34CCN5C. The number of ketones is 1. The molecule has 1 saturated carbocycles. The van der Waals surface area contributed by atoms with Crippen LogP contribution in [-0.2, 0) is 14.3 Å². The first kappa shape index (κ1) is 13.8. The molecule has 122 valence electrons. The molecular weight excluding hydrogens is 294 g/mol. The van der Waals surface area contributed by atoms with Gasteiger partial charge in [-0.25, -0.2) is 0 Å². The molecular formula is C18H21NO4. The number of likely N-dealkylation sites (tertiary alicyclic amines) is 1. The van der Waals surface area contributed by atoms with Crippen LogP contribution in [0.1, 0.15) is 6.42 Å². The first-order valence-corrected chi connectivity index (χ1v) is 8.33. The number of carbonyl (C=O) groups excluding carboxylic acids is 1. The van der Waals surface area contributed by atoms with Crippen LogP contribution in [0.2, 0.25) is 0 Å². The van der Waals surface area contributed by atoms with E-state index < -0.39 is 12.2 Å². The van der Waals surface area contributed by atoms with E-state index in [1.54, 1.807) is 13.2 Å². The highest BCUT2D eigenvalue weighted by molar-refractivity contribution is 5.96. The number of ether oxygens (including phenoxy) is 2. The summed E-state index contributed by atoms with van der Waals surface area (Å²) in [7, 11) is 3.70. The lowest BCUT2D eigenvalue weighted by Crippen LogP contribution is -2.69. The molecule has 2 bridgehead atoms. The molecule has 0 aromatic heterocycles. The van der Waals surface area contributed by atoms with Crippen LogP contribution in [0.25, 0.3) is 0 Å². The van der Waals surface area contributed by atoms with Crippen molar-refractivity contribution >= 4 is 5.78 Å². The first-order valence-electron chi connectivity index (χ1n) is 8.33. The number of hydrogen-bond donors (Lipinski definition) is 1. The van der Waals surface area contributed by atoms with E-state index in [0.29, 0.717) is 5.76 Å². The Labute approximate surface area is 135 Å². The average Bonchev–Trinajstić information content (AvgIpc) is 2.90. The molecule has 7 atom stereocenters. The number of aliphatic hydroxyl groups excluding tert-OH is 1. The molecule has 3 fully saturated rings. The Kier molecular flexibility index (Phi) is 2.57. The highest BCUT2D eigenvalue weighted by atomic mass is 16.5. The van der Waals surface area contributed by atoms with Gasteiger partial charge in [-0.05, 0) is 32.2 Å². The molecule has 2 heterocycles. The molecule has 0 aromatic rings. The number of hydrogen-bond acceptors (Lipinski definition) is 5. The second kappa shape index (κ2) is 4.28. The monoisotopic (exact) mass is 315 g/mol. The van der Waals surface area contributed by atoms with E-state index in [2.05, 4.69) is 18.0 Å². The average molecular weight is 315 g/mol. The van der Waals surface area contributed by atoms with Crippen molar-refractivity contribution in [1.29, 1.82) is 0 Å². The summed E-state index contributed by atoms with van der Waals surface area (Å²) in [4.78, 5) is 14.8. The van der Waals surface area contributed by atoms with Crippen molar-refractivity contribution in [2.45, 2.75) is 24.7 Å². The minimum Gasteiger partial charge on any atom is -0.493 e. The summed E-state index contributed by atoms with van der Waals surface area (Å²) in [6.07, 6.45) is 7.63. The topological polar surface area (TPSA) is 59.0 Å². The molecule has 5 nitrogen and oxygen atoms in total.